The molecule has 0 saturated carbocycles. The van der Waals surface area contributed by atoms with Gasteiger partial charge in [-0.05, 0) is 12.8 Å². The molecule has 0 aromatic rings. The summed E-state index contributed by atoms with van der Waals surface area (Å²) in [7, 11) is 0. The van der Waals surface area contributed by atoms with Gasteiger partial charge in [0.15, 0.2) is 5.78 Å². The second-order valence-electron chi connectivity index (χ2n) is 3.26. The number of Topliss-reactive ketones (excluding diaryl/α,β-unsaturated/α-hetero) is 1. The van der Waals surface area contributed by atoms with Crippen LogP contribution in [0.15, 0.2) is 24.0 Å². The molecule has 14 heavy (non-hydrogen) atoms. The van der Waals surface area contributed by atoms with Crippen LogP contribution < -0.4 is 0 Å². The molecule has 0 bridgehead atoms. The number of carbonyl (C=O) groups is 2. The Kier molecular flexibility index (Phi) is 3.63. The fraction of sp³-hybridized carbons (Fsp3) is 0.455. The molecule has 0 N–H and O–H groups in total. The number of hydrogen-bond acceptors (Lipinski definition) is 3. The molecular formula is C11H14O3. The van der Waals surface area contributed by atoms with Crippen molar-refractivity contribution >= 4 is 11.8 Å². The van der Waals surface area contributed by atoms with E-state index in [-0.39, 0.29) is 11.8 Å². The van der Waals surface area contributed by atoms with Gasteiger partial charge >= 0.3 is 5.97 Å². The number of carbonyl (C=O) groups excluding carboxylic acids is 2. The van der Waals surface area contributed by atoms with Gasteiger partial charge in [-0.25, -0.2) is 0 Å². The summed E-state index contributed by atoms with van der Waals surface area (Å²) in [6.45, 7) is 4.92. The molecular weight excluding hydrogens is 180 g/mol. The Balaban J connectivity index is 2.90. The number of ketones is 1. The average molecular weight is 194 g/mol. The third-order valence-corrected chi connectivity index (χ3v) is 2.10. The molecule has 0 aliphatic heterocycles. The molecule has 0 fully saturated rings. The van der Waals surface area contributed by atoms with Crippen LogP contribution in [0.5, 0.6) is 0 Å². The minimum Gasteiger partial charge on any atom is -0.431 e. The van der Waals surface area contributed by atoms with Crippen molar-refractivity contribution in [3.63, 3.8) is 0 Å². The van der Waals surface area contributed by atoms with Crippen molar-refractivity contribution in [1.29, 1.82) is 0 Å². The van der Waals surface area contributed by atoms with Crippen LogP contribution in [-0.4, -0.2) is 11.8 Å². The minimum atomic E-state index is -0.365. The highest BCUT2D eigenvalue weighted by atomic mass is 16.5. The maximum atomic E-state index is 11.5. The quantitative estimate of drug-likeness (QED) is 0.510. The summed E-state index contributed by atoms with van der Waals surface area (Å²) in [4.78, 5) is 22.3. The van der Waals surface area contributed by atoms with Crippen molar-refractivity contribution < 1.29 is 14.3 Å². The topological polar surface area (TPSA) is 43.4 Å². The van der Waals surface area contributed by atoms with Crippen molar-refractivity contribution in [1.82, 2.24) is 0 Å². The van der Waals surface area contributed by atoms with Gasteiger partial charge in [0.05, 0.1) is 0 Å². The predicted octanol–water partition coefficient (Wildman–Crippen LogP) is 2.13. The molecule has 0 aromatic heterocycles. The van der Waals surface area contributed by atoms with Crippen LogP contribution >= 0.6 is 0 Å². The summed E-state index contributed by atoms with van der Waals surface area (Å²) in [5.74, 6) is 0.248. The summed E-state index contributed by atoms with van der Waals surface area (Å²) < 4.78 is 5.00. The average Bonchev–Trinajstić information content (AvgIpc) is 2.10. The van der Waals surface area contributed by atoms with Gasteiger partial charge in [-0.1, -0.05) is 6.08 Å². The van der Waals surface area contributed by atoms with Crippen molar-refractivity contribution in [3.8, 4) is 0 Å². The molecule has 1 aliphatic carbocycles. The van der Waals surface area contributed by atoms with Gasteiger partial charge in [0.2, 0.25) is 0 Å². The molecule has 1 aliphatic rings. The molecule has 0 heterocycles. The Morgan fingerprint density at radius 1 is 1.57 bits per heavy atom. The summed E-state index contributed by atoms with van der Waals surface area (Å²) in [6.07, 6.45) is 4.13. The van der Waals surface area contributed by atoms with Gasteiger partial charge in [-0.3, -0.25) is 9.59 Å². The normalized spacial score (nSPS) is 16.8. The zero-order chi connectivity index (χ0) is 10.6. The Morgan fingerprint density at radius 3 is 2.86 bits per heavy atom. The van der Waals surface area contributed by atoms with Crippen LogP contribution in [0.2, 0.25) is 0 Å². The van der Waals surface area contributed by atoms with E-state index < -0.39 is 0 Å². The smallest absolute Gasteiger partial charge is 0.307 e. The van der Waals surface area contributed by atoms with Gasteiger partial charge in [0.25, 0.3) is 0 Å². The zero-order valence-electron chi connectivity index (χ0n) is 8.34. The molecule has 0 amide bonds. The molecule has 3 nitrogen and oxygen atoms in total. The molecule has 76 valence electrons. The zero-order valence-corrected chi connectivity index (χ0v) is 8.34. The van der Waals surface area contributed by atoms with E-state index in [0.29, 0.717) is 30.6 Å². The monoisotopic (exact) mass is 194 g/mol. The van der Waals surface area contributed by atoms with E-state index in [9.17, 15) is 9.59 Å². The second-order valence-corrected chi connectivity index (χ2v) is 3.26. The molecule has 0 radical (unpaired) electrons. The first-order valence-corrected chi connectivity index (χ1v) is 4.69. The van der Waals surface area contributed by atoms with E-state index in [1.54, 1.807) is 6.08 Å². The summed E-state index contributed by atoms with van der Waals surface area (Å²) in [5.41, 5.74) is 0.612. The highest BCUT2D eigenvalue weighted by Gasteiger charge is 2.21. The maximum absolute atomic E-state index is 11.5. The maximum Gasteiger partial charge on any atom is 0.307 e. The first kappa shape index (κ1) is 10.7. The number of ether oxygens (including phenoxy) is 1. The third-order valence-electron chi connectivity index (χ3n) is 2.10. The van der Waals surface area contributed by atoms with E-state index in [0.717, 1.165) is 6.42 Å². The van der Waals surface area contributed by atoms with E-state index in [4.69, 9.17) is 4.74 Å². The van der Waals surface area contributed by atoms with Crippen molar-refractivity contribution in [3.05, 3.63) is 24.0 Å². The highest BCUT2D eigenvalue weighted by molar-refractivity contribution is 5.97. The number of allylic oxidation sites excluding steroid dienone is 3. The number of rotatable bonds is 3. The van der Waals surface area contributed by atoms with Gasteiger partial charge in [0, 0.05) is 25.3 Å². The lowest BCUT2D eigenvalue weighted by atomic mass is 9.94. The molecule has 3 heteroatoms. The molecule has 0 spiro atoms. The minimum absolute atomic E-state index is 0.0763. The largest absolute Gasteiger partial charge is 0.431 e. The molecule has 0 unspecified atom stereocenters. The first-order chi connectivity index (χ1) is 6.65. The van der Waals surface area contributed by atoms with Crippen LogP contribution in [0, 0.1) is 0 Å². The number of hydrogen-bond donors (Lipinski definition) is 0. The van der Waals surface area contributed by atoms with Crippen LogP contribution in [0.1, 0.15) is 32.6 Å². The van der Waals surface area contributed by atoms with Gasteiger partial charge in [0.1, 0.15) is 5.76 Å². The van der Waals surface area contributed by atoms with Crippen LogP contribution in [0.25, 0.3) is 0 Å². The Morgan fingerprint density at radius 2 is 2.29 bits per heavy atom. The van der Waals surface area contributed by atoms with Gasteiger partial charge in [-0.2, -0.15) is 0 Å². The van der Waals surface area contributed by atoms with E-state index in [2.05, 4.69) is 6.58 Å². The second kappa shape index (κ2) is 4.74. The van der Waals surface area contributed by atoms with Crippen molar-refractivity contribution in [2.24, 2.45) is 0 Å². The predicted molar refractivity (Wildman–Crippen MR) is 52.5 cm³/mol. The van der Waals surface area contributed by atoms with E-state index in [1.165, 1.54) is 6.92 Å². The van der Waals surface area contributed by atoms with Crippen LogP contribution in [0.3, 0.4) is 0 Å². The Bertz CT molecular complexity index is 300. The third kappa shape index (κ3) is 2.55. The molecule has 0 aromatic carbocycles. The van der Waals surface area contributed by atoms with Crippen molar-refractivity contribution in [2.45, 2.75) is 32.6 Å². The highest BCUT2D eigenvalue weighted by Crippen LogP contribution is 2.25. The number of esters is 1. The first-order valence-electron chi connectivity index (χ1n) is 4.69. The lowest BCUT2D eigenvalue weighted by Crippen LogP contribution is -2.14. The molecule has 0 atom stereocenters. The fourth-order valence-electron chi connectivity index (χ4n) is 1.52. The molecule has 1 rings (SSSR count). The lowest BCUT2D eigenvalue weighted by Gasteiger charge is -2.17. The summed E-state index contributed by atoms with van der Waals surface area (Å²) in [6, 6.07) is 0. The standard InChI is InChI=1S/C11H14O3/c1-3-5-9-10(13)6-4-7-11(9)14-8(2)12/h3H,1,4-7H2,2H3. The van der Waals surface area contributed by atoms with Crippen LogP contribution in [0.4, 0.5) is 0 Å². The van der Waals surface area contributed by atoms with E-state index in [1.807, 2.05) is 0 Å². The Labute approximate surface area is 83.4 Å². The van der Waals surface area contributed by atoms with Gasteiger partial charge < -0.3 is 4.74 Å². The molecule has 0 saturated heterocycles. The Hall–Kier alpha value is -1.38. The SMILES string of the molecule is C=CCC1=C(OC(C)=O)CCCC1=O. The van der Waals surface area contributed by atoms with Crippen LogP contribution in [-0.2, 0) is 14.3 Å². The fourth-order valence-corrected chi connectivity index (χ4v) is 1.52. The van der Waals surface area contributed by atoms with E-state index >= 15 is 0 Å². The lowest BCUT2D eigenvalue weighted by molar-refractivity contribution is -0.137. The van der Waals surface area contributed by atoms with Gasteiger partial charge in [-0.15, -0.1) is 6.58 Å². The summed E-state index contributed by atoms with van der Waals surface area (Å²) in [5, 5.41) is 0. The summed E-state index contributed by atoms with van der Waals surface area (Å²) >= 11 is 0. The van der Waals surface area contributed by atoms with Crippen molar-refractivity contribution in [2.75, 3.05) is 0 Å².